The van der Waals surface area contributed by atoms with Crippen molar-refractivity contribution < 1.29 is 0 Å². The second kappa shape index (κ2) is 7.00. The largest absolute Gasteiger partial charge is 0.368 e. The molecule has 0 aliphatic carbocycles. The number of fused-ring (bicyclic) bond motifs is 1. The van der Waals surface area contributed by atoms with E-state index in [9.17, 15) is 0 Å². The highest BCUT2D eigenvalue weighted by Crippen LogP contribution is 2.30. The van der Waals surface area contributed by atoms with Crippen molar-refractivity contribution in [2.75, 3.05) is 11.9 Å². The average Bonchev–Trinajstić information content (AvgIpc) is 2.57. The summed E-state index contributed by atoms with van der Waals surface area (Å²) in [7, 11) is 0. The predicted octanol–water partition coefficient (Wildman–Crippen LogP) is 5.37. The molecule has 1 N–H and O–H groups in total. The standard InChI is InChI=1S/C21H25N3/c1-14(2)11-12-22-21-19-8-6-5-7-18(19)20(23-24-21)17-10-9-15(3)16(4)13-17/h5-10,13-14H,11-12H2,1-4H3,(H,22,24). The van der Waals surface area contributed by atoms with Crippen LogP contribution in [0.25, 0.3) is 22.0 Å². The van der Waals surface area contributed by atoms with Gasteiger partial charge in [0, 0.05) is 22.9 Å². The molecule has 3 aromatic rings. The summed E-state index contributed by atoms with van der Waals surface area (Å²) in [5, 5.41) is 14.7. The Balaban J connectivity index is 2.03. The molecular formula is C21H25N3. The van der Waals surface area contributed by atoms with Gasteiger partial charge in [-0.3, -0.25) is 0 Å². The SMILES string of the molecule is Cc1ccc(-c2nnc(NCCC(C)C)c3ccccc23)cc1C. The molecule has 124 valence electrons. The lowest BCUT2D eigenvalue weighted by Gasteiger charge is -2.12. The minimum atomic E-state index is 0.673. The van der Waals surface area contributed by atoms with Crippen LogP contribution in [-0.4, -0.2) is 16.7 Å². The Labute approximate surface area is 144 Å². The second-order valence-corrected chi connectivity index (χ2v) is 6.85. The lowest BCUT2D eigenvalue weighted by Crippen LogP contribution is -2.08. The van der Waals surface area contributed by atoms with Crippen LogP contribution < -0.4 is 5.32 Å². The molecule has 0 unspecified atom stereocenters. The fraction of sp³-hybridized carbons (Fsp3) is 0.333. The van der Waals surface area contributed by atoms with E-state index in [0.29, 0.717) is 5.92 Å². The Morgan fingerprint density at radius 1 is 0.917 bits per heavy atom. The first-order valence-electron chi connectivity index (χ1n) is 8.63. The molecule has 0 amide bonds. The van der Waals surface area contributed by atoms with Gasteiger partial charge in [0.15, 0.2) is 5.82 Å². The molecule has 0 saturated carbocycles. The maximum Gasteiger partial charge on any atom is 0.156 e. The Hall–Kier alpha value is -2.42. The van der Waals surface area contributed by atoms with Crippen LogP contribution in [0.15, 0.2) is 42.5 Å². The van der Waals surface area contributed by atoms with E-state index in [1.54, 1.807) is 0 Å². The summed E-state index contributed by atoms with van der Waals surface area (Å²) in [6.07, 6.45) is 1.12. The van der Waals surface area contributed by atoms with Crippen LogP contribution >= 0.6 is 0 Å². The van der Waals surface area contributed by atoms with E-state index in [-0.39, 0.29) is 0 Å². The van der Waals surface area contributed by atoms with Gasteiger partial charge < -0.3 is 5.32 Å². The first-order valence-corrected chi connectivity index (χ1v) is 8.63. The number of nitrogens with one attached hydrogen (secondary N) is 1. The maximum absolute atomic E-state index is 4.53. The summed E-state index contributed by atoms with van der Waals surface area (Å²) < 4.78 is 0. The number of aryl methyl sites for hydroxylation is 2. The summed E-state index contributed by atoms with van der Waals surface area (Å²) in [5.41, 5.74) is 4.64. The number of benzene rings is 2. The number of hydrogen-bond donors (Lipinski definition) is 1. The van der Waals surface area contributed by atoms with Crippen LogP contribution in [0, 0.1) is 19.8 Å². The molecule has 0 spiro atoms. The highest BCUT2D eigenvalue weighted by atomic mass is 15.2. The Morgan fingerprint density at radius 2 is 1.67 bits per heavy atom. The monoisotopic (exact) mass is 319 g/mol. The fourth-order valence-corrected chi connectivity index (χ4v) is 2.82. The average molecular weight is 319 g/mol. The van der Waals surface area contributed by atoms with E-state index in [1.165, 1.54) is 11.1 Å². The third kappa shape index (κ3) is 3.40. The van der Waals surface area contributed by atoms with E-state index in [2.05, 4.69) is 85.7 Å². The molecule has 3 rings (SSSR count). The maximum atomic E-state index is 4.53. The molecule has 0 fully saturated rings. The van der Waals surface area contributed by atoms with Crippen LogP contribution in [-0.2, 0) is 0 Å². The molecule has 24 heavy (non-hydrogen) atoms. The van der Waals surface area contributed by atoms with Crippen LogP contribution in [0.2, 0.25) is 0 Å². The molecule has 0 radical (unpaired) electrons. The fourth-order valence-electron chi connectivity index (χ4n) is 2.82. The van der Waals surface area contributed by atoms with E-state index in [0.717, 1.165) is 40.8 Å². The lowest BCUT2D eigenvalue weighted by molar-refractivity contribution is 0.606. The molecule has 2 aromatic carbocycles. The summed E-state index contributed by atoms with van der Waals surface area (Å²) in [6.45, 7) is 9.64. The van der Waals surface area contributed by atoms with Crippen molar-refractivity contribution in [3.8, 4) is 11.3 Å². The van der Waals surface area contributed by atoms with Crippen molar-refractivity contribution in [2.24, 2.45) is 5.92 Å². The third-order valence-electron chi connectivity index (χ3n) is 4.48. The van der Waals surface area contributed by atoms with Gasteiger partial charge in [-0.15, -0.1) is 10.2 Å². The zero-order valence-corrected chi connectivity index (χ0v) is 14.9. The Morgan fingerprint density at radius 3 is 2.38 bits per heavy atom. The molecule has 3 heteroatoms. The van der Waals surface area contributed by atoms with E-state index >= 15 is 0 Å². The molecule has 0 aliphatic heterocycles. The number of hydrogen-bond acceptors (Lipinski definition) is 3. The highest BCUT2D eigenvalue weighted by molar-refractivity contribution is 6.00. The van der Waals surface area contributed by atoms with Crippen LogP contribution in [0.4, 0.5) is 5.82 Å². The molecule has 0 atom stereocenters. The molecule has 0 aliphatic rings. The zero-order chi connectivity index (χ0) is 17.1. The van der Waals surface area contributed by atoms with Gasteiger partial charge in [0.05, 0.1) is 0 Å². The minimum Gasteiger partial charge on any atom is -0.368 e. The van der Waals surface area contributed by atoms with Crippen molar-refractivity contribution in [3.05, 3.63) is 53.6 Å². The van der Waals surface area contributed by atoms with Crippen LogP contribution in [0.1, 0.15) is 31.4 Å². The molecule has 3 nitrogen and oxygen atoms in total. The lowest BCUT2D eigenvalue weighted by atomic mass is 10.0. The molecule has 0 saturated heterocycles. The highest BCUT2D eigenvalue weighted by Gasteiger charge is 2.11. The number of nitrogens with zero attached hydrogens (tertiary/aromatic N) is 2. The number of aromatic nitrogens is 2. The van der Waals surface area contributed by atoms with Gasteiger partial charge in [0.25, 0.3) is 0 Å². The first-order chi connectivity index (χ1) is 11.6. The van der Waals surface area contributed by atoms with E-state index < -0.39 is 0 Å². The summed E-state index contributed by atoms with van der Waals surface area (Å²) in [6, 6.07) is 14.8. The summed E-state index contributed by atoms with van der Waals surface area (Å²) >= 11 is 0. The molecule has 1 aromatic heterocycles. The van der Waals surface area contributed by atoms with Crippen LogP contribution in [0.3, 0.4) is 0 Å². The Kier molecular flexibility index (Phi) is 4.79. The van der Waals surface area contributed by atoms with Crippen molar-refractivity contribution >= 4 is 16.6 Å². The van der Waals surface area contributed by atoms with Gasteiger partial charge in [0.1, 0.15) is 5.69 Å². The zero-order valence-electron chi connectivity index (χ0n) is 14.9. The van der Waals surface area contributed by atoms with Crippen molar-refractivity contribution in [1.82, 2.24) is 10.2 Å². The number of anilines is 1. The predicted molar refractivity (Wildman–Crippen MR) is 102 cm³/mol. The topological polar surface area (TPSA) is 37.8 Å². The van der Waals surface area contributed by atoms with E-state index in [4.69, 9.17) is 0 Å². The summed E-state index contributed by atoms with van der Waals surface area (Å²) in [4.78, 5) is 0. The second-order valence-electron chi connectivity index (χ2n) is 6.85. The third-order valence-corrected chi connectivity index (χ3v) is 4.48. The first kappa shape index (κ1) is 16.4. The molecule has 0 bridgehead atoms. The van der Waals surface area contributed by atoms with Gasteiger partial charge in [-0.2, -0.15) is 0 Å². The van der Waals surface area contributed by atoms with Gasteiger partial charge in [-0.05, 0) is 43.4 Å². The van der Waals surface area contributed by atoms with Crippen LogP contribution in [0.5, 0.6) is 0 Å². The van der Waals surface area contributed by atoms with Crippen molar-refractivity contribution in [2.45, 2.75) is 34.1 Å². The summed E-state index contributed by atoms with van der Waals surface area (Å²) in [5.74, 6) is 1.55. The van der Waals surface area contributed by atoms with Crippen molar-refractivity contribution in [1.29, 1.82) is 0 Å². The quantitative estimate of drug-likeness (QED) is 0.687. The molecular weight excluding hydrogens is 294 g/mol. The smallest absolute Gasteiger partial charge is 0.156 e. The van der Waals surface area contributed by atoms with Gasteiger partial charge >= 0.3 is 0 Å². The van der Waals surface area contributed by atoms with Gasteiger partial charge in [-0.1, -0.05) is 50.2 Å². The van der Waals surface area contributed by atoms with Gasteiger partial charge in [0.2, 0.25) is 0 Å². The minimum absolute atomic E-state index is 0.673. The Bertz CT molecular complexity index is 853. The van der Waals surface area contributed by atoms with E-state index in [1.807, 2.05) is 0 Å². The molecule has 1 heterocycles. The number of rotatable bonds is 5. The van der Waals surface area contributed by atoms with Gasteiger partial charge in [-0.25, -0.2) is 0 Å². The normalized spacial score (nSPS) is 11.2. The van der Waals surface area contributed by atoms with Crippen molar-refractivity contribution in [3.63, 3.8) is 0 Å².